The van der Waals surface area contributed by atoms with Gasteiger partial charge in [0.2, 0.25) is 5.91 Å². The van der Waals surface area contributed by atoms with Gasteiger partial charge in [-0.15, -0.1) is 0 Å². The zero-order chi connectivity index (χ0) is 21.1. The summed E-state index contributed by atoms with van der Waals surface area (Å²) in [5.74, 6) is 1.41. The van der Waals surface area contributed by atoms with Gasteiger partial charge < -0.3 is 20.3 Å². The zero-order valence-corrected chi connectivity index (χ0v) is 16.6. The summed E-state index contributed by atoms with van der Waals surface area (Å²) in [6, 6.07) is 9.25. The zero-order valence-electron chi connectivity index (χ0n) is 16.6. The molecule has 3 heterocycles. The smallest absolute Gasteiger partial charge is 0.257 e. The molecule has 0 spiro atoms. The number of nitrogens with zero attached hydrogens (tertiary/aromatic N) is 4. The number of pyridine rings is 2. The molecule has 9 nitrogen and oxygen atoms in total. The van der Waals surface area contributed by atoms with Crippen molar-refractivity contribution in [2.24, 2.45) is 11.3 Å². The fourth-order valence-electron chi connectivity index (χ4n) is 3.68. The fourth-order valence-corrected chi connectivity index (χ4v) is 3.68. The van der Waals surface area contributed by atoms with Gasteiger partial charge in [-0.25, -0.2) is 9.97 Å². The predicted molar refractivity (Wildman–Crippen MR) is 109 cm³/mol. The van der Waals surface area contributed by atoms with Crippen molar-refractivity contribution in [1.29, 1.82) is 5.26 Å². The lowest BCUT2D eigenvalue weighted by atomic mass is 9.83. The second-order valence-electron chi connectivity index (χ2n) is 7.43. The van der Waals surface area contributed by atoms with Crippen molar-refractivity contribution in [3.8, 4) is 11.8 Å². The van der Waals surface area contributed by atoms with Gasteiger partial charge in [0.25, 0.3) is 5.91 Å². The third kappa shape index (κ3) is 3.76. The number of rotatable bonds is 7. The van der Waals surface area contributed by atoms with Crippen molar-refractivity contribution in [3.63, 3.8) is 0 Å². The van der Waals surface area contributed by atoms with Crippen molar-refractivity contribution < 1.29 is 14.3 Å². The average Bonchev–Trinajstić information content (AvgIpc) is 3.57. The summed E-state index contributed by atoms with van der Waals surface area (Å²) < 4.78 is 5.33. The Kier molecular flexibility index (Phi) is 5.23. The summed E-state index contributed by atoms with van der Waals surface area (Å²) in [6.45, 7) is 0.450. The van der Waals surface area contributed by atoms with E-state index in [1.54, 1.807) is 42.4 Å². The SMILES string of the molecule is CNC(=O)COc1ccc(Nc2cc(N3CC[C@@](C#N)(C4CC4)C3=O)ccn2)nc1. The fraction of sp³-hybridized carbons (Fsp3) is 0.381. The van der Waals surface area contributed by atoms with Crippen molar-refractivity contribution in [3.05, 3.63) is 36.7 Å². The number of hydrogen-bond acceptors (Lipinski definition) is 7. The molecule has 4 rings (SSSR count). The molecular formula is C21H22N6O3. The molecule has 1 atom stereocenters. The standard InChI is InChI=1S/C21H22N6O3/c1-23-19(28)12-30-16-4-5-17(25-11-16)26-18-10-15(6-8-24-18)27-9-7-21(13-22,20(27)29)14-2-3-14/h4-6,8,10-11,14H,2-3,7,9,12H2,1H3,(H,23,28)(H,24,25,26)/t21-/m1/s1. The highest BCUT2D eigenvalue weighted by Gasteiger charge is 2.56. The van der Waals surface area contributed by atoms with Crippen LogP contribution in [0, 0.1) is 22.7 Å². The average molecular weight is 406 g/mol. The molecular weight excluding hydrogens is 384 g/mol. The highest BCUT2D eigenvalue weighted by molar-refractivity contribution is 6.02. The lowest BCUT2D eigenvalue weighted by molar-refractivity contribution is -0.124. The Morgan fingerprint density at radius 2 is 2.17 bits per heavy atom. The van der Waals surface area contributed by atoms with Crippen LogP contribution in [0.4, 0.5) is 17.3 Å². The van der Waals surface area contributed by atoms with E-state index < -0.39 is 5.41 Å². The minimum absolute atomic E-state index is 0.0799. The van der Waals surface area contributed by atoms with Gasteiger partial charge in [-0.2, -0.15) is 5.26 Å². The van der Waals surface area contributed by atoms with E-state index >= 15 is 0 Å². The van der Waals surface area contributed by atoms with Crippen LogP contribution in [0.1, 0.15) is 19.3 Å². The van der Waals surface area contributed by atoms with Crippen molar-refractivity contribution in [2.45, 2.75) is 19.3 Å². The maximum absolute atomic E-state index is 13.0. The molecule has 2 aliphatic rings. The number of nitrogens with one attached hydrogen (secondary N) is 2. The van der Waals surface area contributed by atoms with Crippen LogP contribution in [-0.4, -0.2) is 42.0 Å². The van der Waals surface area contributed by atoms with Crippen LogP contribution in [0.2, 0.25) is 0 Å². The van der Waals surface area contributed by atoms with Gasteiger partial charge in [0.05, 0.1) is 12.3 Å². The van der Waals surface area contributed by atoms with Gasteiger partial charge in [-0.05, 0) is 43.4 Å². The number of carbonyl (C=O) groups is 2. The van der Waals surface area contributed by atoms with Crippen LogP contribution in [0.5, 0.6) is 5.75 Å². The van der Waals surface area contributed by atoms with Gasteiger partial charge in [0, 0.05) is 31.5 Å². The summed E-state index contributed by atoms with van der Waals surface area (Å²) in [5.41, 5.74) is -0.163. The topological polar surface area (TPSA) is 120 Å². The minimum atomic E-state index is -0.872. The normalized spacial score (nSPS) is 20.5. The van der Waals surface area contributed by atoms with E-state index in [1.165, 1.54) is 6.20 Å². The van der Waals surface area contributed by atoms with E-state index in [4.69, 9.17) is 4.74 Å². The molecule has 0 radical (unpaired) electrons. The maximum atomic E-state index is 13.0. The van der Waals surface area contributed by atoms with Crippen LogP contribution in [-0.2, 0) is 9.59 Å². The number of ether oxygens (including phenoxy) is 1. The molecule has 1 saturated heterocycles. The van der Waals surface area contributed by atoms with Crippen molar-refractivity contribution in [1.82, 2.24) is 15.3 Å². The monoisotopic (exact) mass is 406 g/mol. The Balaban J connectivity index is 1.44. The predicted octanol–water partition coefficient (Wildman–Crippen LogP) is 2.00. The van der Waals surface area contributed by atoms with Crippen molar-refractivity contribution in [2.75, 3.05) is 30.4 Å². The number of likely N-dealkylation sites (N-methyl/N-ethyl adjacent to an activating group) is 1. The van der Waals surface area contributed by atoms with Gasteiger partial charge >= 0.3 is 0 Å². The number of aromatic nitrogens is 2. The largest absolute Gasteiger partial charge is 0.482 e. The van der Waals surface area contributed by atoms with E-state index in [1.807, 2.05) is 0 Å². The molecule has 30 heavy (non-hydrogen) atoms. The number of hydrogen-bond donors (Lipinski definition) is 2. The molecule has 0 aromatic carbocycles. The molecule has 2 amide bonds. The molecule has 2 fully saturated rings. The number of carbonyl (C=O) groups excluding carboxylic acids is 2. The first-order chi connectivity index (χ1) is 14.6. The van der Waals surface area contributed by atoms with Crippen LogP contribution in [0.3, 0.4) is 0 Å². The summed E-state index contributed by atoms with van der Waals surface area (Å²) in [4.78, 5) is 34.4. The van der Waals surface area contributed by atoms with Gasteiger partial charge in [-0.1, -0.05) is 0 Å². The number of anilines is 3. The minimum Gasteiger partial charge on any atom is -0.482 e. The molecule has 1 aliphatic heterocycles. The Labute approximate surface area is 174 Å². The van der Waals surface area contributed by atoms with Crippen LogP contribution in [0.25, 0.3) is 0 Å². The summed E-state index contributed by atoms with van der Waals surface area (Å²) in [5, 5.41) is 15.2. The third-order valence-electron chi connectivity index (χ3n) is 5.53. The quantitative estimate of drug-likeness (QED) is 0.721. The lowest BCUT2D eigenvalue weighted by Crippen LogP contribution is -2.35. The molecule has 9 heteroatoms. The van der Waals surface area contributed by atoms with E-state index in [9.17, 15) is 14.9 Å². The first-order valence-electron chi connectivity index (χ1n) is 9.81. The second kappa shape index (κ2) is 7.99. The number of amides is 2. The molecule has 2 N–H and O–H groups in total. The van der Waals surface area contributed by atoms with Crippen LogP contribution < -0.4 is 20.3 Å². The van der Waals surface area contributed by atoms with Gasteiger partial charge in [0.1, 0.15) is 22.8 Å². The highest BCUT2D eigenvalue weighted by Crippen LogP contribution is 2.51. The maximum Gasteiger partial charge on any atom is 0.257 e. The van der Waals surface area contributed by atoms with Crippen molar-refractivity contribution >= 4 is 29.1 Å². The van der Waals surface area contributed by atoms with Crippen LogP contribution in [0.15, 0.2) is 36.7 Å². The second-order valence-corrected chi connectivity index (χ2v) is 7.43. The van der Waals surface area contributed by atoms with E-state index in [0.717, 1.165) is 12.8 Å². The molecule has 0 unspecified atom stereocenters. The van der Waals surface area contributed by atoms with Crippen LogP contribution >= 0.6 is 0 Å². The van der Waals surface area contributed by atoms with Gasteiger partial charge in [-0.3, -0.25) is 9.59 Å². The molecule has 2 aromatic rings. The summed E-state index contributed by atoms with van der Waals surface area (Å²) in [6.07, 6.45) is 5.60. The summed E-state index contributed by atoms with van der Waals surface area (Å²) >= 11 is 0. The molecule has 1 saturated carbocycles. The first kappa shape index (κ1) is 19.6. The molecule has 2 aromatic heterocycles. The first-order valence-corrected chi connectivity index (χ1v) is 9.81. The molecule has 0 bridgehead atoms. The Bertz CT molecular complexity index is 999. The van der Waals surface area contributed by atoms with E-state index in [0.29, 0.717) is 36.0 Å². The molecule has 1 aliphatic carbocycles. The molecule has 154 valence electrons. The lowest BCUT2D eigenvalue weighted by Gasteiger charge is -2.21. The summed E-state index contributed by atoms with van der Waals surface area (Å²) in [7, 11) is 1.54. The van der Waals surface area contributed by atoms with Gasteiger partial charge in [0.15, 0.2) is 6.61 Å². The Hall–Kier alpha value is -3.67. The van der Waals surface area contributed by atoms with E-state index in [2.05, 4.69) is 26.7 Å². The number of nitriles is 1. The highest BCUT2D eigenvalue weighted by atomic mass is 16.5. The van der Waals surface area contributed by atoms with E-state index in [-0.39, 0.29) is 24.3 Å². The Morgan fingerprint density at radius 3 is 2.83 bits per heavy atom. The Morgan fingerprint density at radius 1 is 1.33 bits per heavy atom. The third-order valence-corrected chi connectivity index (χ3v) is 5.53.